The molecule has 6 heteroatoms. The molecule has 1 fully saturated rings. The van der Waals surface area contributed by atoms with Crippen LogP contribution >= 0.6 is 11.5 Å². The summed E-state index contributed by atoms with van der Waals surface area (Å²) in [5.74, 6) is 1.03. The average Bonchev–Trinajstić information content (AvgIpc) is 3.29. The Morgan fingerprint density at radius 2 is 1.70 bits per heavy atom. The number of para-hydroxylation sites is 2. The number of piperazine rings is 1. The van der Waals surface area contributed by atoms with Crippen molar-refractivity contribution in [2.45, 2.75) is 0 Å². The molecule has 2 aromatic heterocycles. The van der Waals surface area contributed by atoms with Crippen LogP contribution in [-0.2, 0) is 0 Å². The van der Waals surface area contributed by atoms with E-state index in [1.807, 2.05) is 6.07 Å². The van der Waals surface area contributed by atoms with Gasteiger partial charge in [0.1, 0.15) is 0 Å². The molecule has 4 aromatic rings. The molecule has 2 aromatic carbocycles. The molecule has 5 nitrogen and oxygen atoms in total. The Kier molecular flexibility index (Phi) is 4.35. The molecule has 1 saturated heterocycles. The Balaban J connectivity index is 1.27. The molecule has 0 amide bonds. The summed E-state index contributed by atoms with van der Waals surface area (Å²) < 4.78 is 6.89. The minimum atomic E-state index is 0.972. The maximum atomic E-state index is 4.69. The number of nitrogens with zero attached hydrogens (tertiary/aromatic N) is 5. The van der Waals surface area contributed by atoms with Crippen molar-refractivity contribution in [1.82, 2.24) is 18.7 Å². The van der Waals surface area contributed by atoms with Crippen LogP contribution in [0.25, 0.3) is 22.1 Å². The molecule has 0 aliphatic carbocycles. The van der Waals surface area contributed by atoms with E-state index in [1.165, 1.54) is 17.1 Å². The third-order valence-corrected chi connectivity index (χ3v) is 5.76. The molecular weight excluding hydrogens is 354 g/mol. The first-order valence-corrected chi connectivity index (χ1v) is 10.1. The molecule has 1 aliphatic rings. The predicted octanol–water partition coefficient (Wildman–Crippen LogP) is 3.78. The minimum Gasteiger partial charge on any atom is -0.339 e. The Bertz CT molecular complexity index is 1070. The topological polar surface area (TPSA) is 36.7 Å². The number of rotatable bonds is 4. The standard InChI is InChI=1S/C21H21N5S/c1-2-7-17(8-3-1)9-6-12-24-13-15-25(16-14-24)20-23-27-21-22-18-10-4-5-11-19(18)26(20)21/h1-11H,12-16H2. The number of hydrogen-bond acceptors (Lipinski definition) is 5. The lowest BCUT2D eigenvalue weighted by Crippen LogP contribution is -2.47. The van der Waals surface area contributed by atoms with Gasteiger partial charge in [-0.2, -0.15) is 4.37 Å². The smallest absolute Gasteiger partial charge is 0.223 e. The van der Waals surface area contributed by atoms with E-state index in [1.54, 1.807) is 0 Å². The molecule has 0 radical (unpaired) electrons. The molecule has 0 spiro atoms. The summed E-state index contributed by atoms with van der Waals surface area (Å²) in [6.07, 6.45) is 4.46. The third kappa shape index (κ3) is 3.22. The van der Waals surface area contributed by atoms with Crippen LogP contribution in [0.5, 0.6) is 0 Å². The first-order valence-electron chi connectivity index (χ1n) is 9.30. The van der Waals surface area contributed by atoms with Gasteiger partial charge in [-0.15, -0.1) is 0 Å². The van der Waals surface area contributed by atoms with Crippen LogP contribution in [0.4, 0.5) is 5.95 Å². The molecule has 0 unspecified atom stereocenters. The lowest BCUT2D eigenvalue weighted by molar-refractivity contribution is 0.283. The van der Waals surface area contributed by atoms with Crippen molar-refractivity contribution in [3.8, 4) is 0 Å². The Hall–Kier alpha value is -2.70. The van der Waals surface area contributed by atoms with Crippen LogP contribution < -0.4 is 4.90 Å². The largest absolute Gasteiger partial charge is 0.339 e. The van der Waals surface area contributed by atoms with Gasteiger partial charge < -0.3 is 4.90 Å². The number of aromatic nitrogens is 3. The number of hydrogen-bond donors (Lipinski definition) is 0. The van der Waals surface area contributed by atoms with Crippen LogP contribution in [0.15, 0.2) is 60.7 Å². The van der Waals surface area contributed by atoms with E-state index in [9.17, 15) is 0 Å². The van der Waals surface area contributed by atoms with Crippen molar-refractivity contribution in [3.63, 3.8) is 0 Å². The van der Waals surface area contributed by atoms with Gasteiger partial charge in [0.25, 0.3) is 0 Å². The maximum absolute atomic E-state index is 4.69. The van der Waals surface area contributed by atoms with Gasteiger partial charge >= 0.3 is 0 Å². The Morgan fingerprint density at radius 3 is 2.56 bits per heavy atom. The lowest BCUT2D eigenvalue weighted by atomic mass is 10.2. The van der Waals surface area contributed by atoms with E-state index in [0.717, 1.165) is 54.7 Å². The zero-order valence-corrected chi connectivity index (χ0v) is 15.8. The van der Waals surface area contributed by atoms with Gasteiger partial charge in [-0.25, -0.2) is 4.98 Å². The van der Waals surface area contributed by atoms with E-state index in [2.05, 4.69) is 79.9 Å². The van der Waals surface area contributed by atoms with E-state index in [4.69, 9.17) is 4.37 Å². The summed E-state index contributed by atoms with van der Waals surface area (Å²) in [5.41, 5.74) is 3.44. The van der Waals surface area contributed by atoms with Crippen LogP contribution in [0.1, 0.15) is 5.56 Å². The lowest BCUT2D eigenvalue weighted by Gasteiger charge is -2.34. The number of imidazole rings is 1. The van der Waals surface area contributed by atoms with E-state index in [-0.39, 0.29) is 0 Å². The molecule has 3 heterocycles. The first-order chi connectivity index (χ1) is 13.4. The van der Waals surface area contributed by atoms with Crippen molar-refractivity contribution in [2.24, 2.45) is 0 Å². The summed E-state index contributed by atoms with van der Waals surface area (Å²) in [5, 5.41) is 0. The quantitative estimate of drug-likeness (QED) is 0.544. The zero-order chi connectivity index (χ0) is 18.1. The summed E-state index contributed by atoms with van der Waals surface area (Å²) in [4.78, 5) is 10.5. The summed E-state index contributed by atoms with van der Waals surface area (Å²) in [7, 11) is 0. The molecule has 0 N–H and O–H groups in total. The normalized spacial score (nSPS) is 16.1. The van der Waals surface area contributed by atoms with E-state index in [0.29, 0.717) is 0 Å². The van der Waals surface area contributed by atoms with Gasteiger partial charge in [-0.05, 0) is 17.7 Å². The first kappa shape index (κ1) is 16.5. The summed E-state index contributed by atoms with van der Waals surface area (Å²) in [6.45, 7) is 5.06. The van der Waals surface area contributed by atoms with Crippen molar-refractivity contribution >= 4 is 39.6 Å². The summed E-state index contributed by atoms with van der Waals surface area (Å²) in [6, 6.07) is 18.8. The fourth-order valence-electron chi connectivity index (χ4n) is 3.61. The van der Waals surface area contributed by atoms with Gasteiger partial charge in [0.15, 0.2) is 0 Å². The molecule has 27 heavy (non-hydrogen) atoms. The SMILES string of the molecule is C(=Cc1ccccc1)CN1CCN(c2nsc3nc4ccccc4n23)CC1. The van der Waals surface area contributed by atoms with Gasteiger partial charge in [0.05, 0.1) is 11.0 Å². The second-order valence-corrected chi connectivity index (χ2v) is 7.53. The highest BCUT2D eigenvalue weighted by Crippen LogP contribution is 2.26. The number of anilines is 1. The predicted molar refractivity (Wildman–Crippen MR) is 112 cm³/mol. The van der Waals surface area contributed by atoms with Crippen molar-refractivity contribution < 1.29 is 0 Å². The Labute approximate surface area is 162 Å². The van der Waals surface area contributed by atoms with Crippen LogP contribution in [0.2, 0.25) is 0 Å². The minimum absolute atomic E-state index is 0.972. The highest BCUT2D eigenvalue weighted by atomic mass is 32.1. The van der Waals surface area contributed by atoms with Gasteiger partial charge in [-0.1, -0.05) is 54.6 Å². The molecule has 0 atom stereocenters. The molecule has 5 rings (SSSR count). The molecular formula is C21H21N5S. The molecule has 136 valence electrons. The number of fused-ring (bicyclic) bond motifs is 3. The van der Waals surface area contributed by atoms with E-state index >= 15 is 0 Å². The van der Waals surface area contributed by atoms with Crippen molar-refractivity contribution in [3.05, 3.63) is 66.2 Å². The second kappa shape index (κ2) is 7.13. The molecule has 1 aliphatic heterocycles. The van der Waals surface area contributed by atoms with Gasteiger partial charge in [0, 0.05) is 44.3 Å². The molecule has 0 saturated carbocycles. The third-order valence-electron chi connectivity index (χ3n) is 5.07. The van der Waals surface area contributed by atoms with Crippen LogP contribution in [0, 0.1) is 0 Å². The maximum Gasteiger partial charge on any atom is 0.223 e. The van der Waals surface area contributed by atoms with Crippen molar-refractivity contribution in [2.75, 3.05) is 37.6 Å². The fourth-order valence-corrected chi connectivity index (χ4v) is 4.37. The monoisotopic (exact) mass is 375 g/mol. The summed E-state index contributed by atoms with van der Waals surface area (Å²) >= 11 is 1.48. The van der Waals surface area contributed by atoms with Crippen LogP contribution in [-0.4, -0.2) is 51.4 Å². The van der Waals surface area contributed by atoms with E-state index < -0.39 is 0 Å². The van der Waals surface area contributed by atoms with Crippen LogP contribution in [0.3, 0.4) is 0 Å². The second-order valence-electron chi connectivity index (χ2n) is 6.80. The number of benzene rings is 2. The highest BCUT2D eigenvalue weighted by molar-refractivity contribution is 7.11. The van der Waals surface area contributed by atoms with Gasteiger partial charge in [0.2, 0.25) is 10.9 Å². The van der Waals surface area contributed by atoms with Gasteiger partial charge in [-0.3, -0.25) is 9.30 Å². The highest BCUT2D eigenvalue weighted by Gasteiger charge is 2.22. The zero-order valence-electron chi connectivity index (χ0n) is 15.0. The Morgan fingerprint density at radius 1 is 0.926 bits per heavy atom. The fraction of sp³-hybridized carbons (Fsp3) is 0.238. The van der Waals surface area contributed by atoms with Crippen molar-refractivity contribution in [1.29, 1.82) is 0 Å². The average molecular weight is 376 g/mol. The molecule has 0 bridgehead atoms.